The van der Waals surface area contributed by atoms with Crippen LogP contribution in [-0.2, 0) is 0 Å². The Morgan fingerprint density at radius 1 is 1.20 bits per heavy atom. The van der Waals surface area contributed by atoms with E-state index in [0.717, 1.165) is 14.0 Å². The van der Waals surface area contributed by atoms with Crippen LogP contribution >= 0.6 is 0 Å². The van der Waals surface area contributed by atoms with Gasteiger partial charge in [-0.1, -0.05) is 0 Å². The standard InChI is InChI=1S/C12H7F3O5/c1-3(16)4-9(17)5-10(19-2)7(14)6(13)8(15)11(5)20-12(4)18/h17H,1-2H3. The molecule has 0 fully saturated rings. The van der Waals surface area contributed by atoms with E-state index in [-0.39, 0.29) is 0 Å². The number of methoxy groups -OCH3 is 1. The zero-order valence-electron chi connectivity index (χ0n) is 10.2. The van der Waals surface area contributed by atoms with Gasteiger partial charge >= 0.3 is 5.63 Å². The van der Waals surface area contributed by atoms with E-state index in [1.165, 1.54) is 0 Å². The van der Waals surface area contributed by atoms with Gasteiger partial charge in [0.2, 0.25) is 17.5 Å². The molecular formula is C12H7F3O5. The molecule has 1 aromatic carbocycles. The van der Waals surface area contributed by atoms with Crippen molar-refractivity contribution in [1.29, 1.82) is 0 Å². The molecule has 8 heteroatoms. The zero-order chi connectivity index (χ0) is 15.2. The van der Waals surface area contributed by atoms with Crippen LogP contribution in [0, 0.1) is 17.5 Å². The topological polar surface area (TPSA) is 76.7 Å². The predicted molar refractivity (Wildman–Crippen MR) is 60.6 cm³/mol. The third-order valence-corrected chi connectivity index (χ3v) is 2.67. The molecule has 5 nitrogen and oxygen atoms in total. The van der Waals surface area contributed by atoms with Crippen molar-refractivity contribution >= 4 is 16.8 Å². The molecule has 0 amide bonds. The Balaban J connectivity index is 3.16. The molecule has 0 radical (unpaired) electrons. The lowest BCUT2D eigenvalue weighted by molar-refractivity contribution is 0.101. The van der Waals surface area contributed by atoms with Crippen molar-refractivity contribution in [2.24, 2.45) is 0 Å². The molecule has 106 valence electrons. The van der Waals surface area contributed by atoms with Gasteiger partial charge in [0.1, 0.15) is 16.7 Å². The third-order valence-electron chi connectivity index (χ3n) is 2.67. The molecule has 1 N–H and O–H groups in total. The molecule has 1 aromatic heterocycles. The summed E-state index contributed by atoms with van der Waals surface area (Å²) in [4.78, 5) is 22.7. The van der Waals surface area contributed by atoms with E-state index < -0.39 is 56.9 Å². The summed E-state index contributed by atoms with van der Waals surface area (Å²) < 4.78 is 49.4. The van der Waals surface area contributed by atoms with Crippen molar-refractivity contribution in [3.63, 3.8) is 0 Å². The van der Waals surface area contributed by atoms with Gasteiger partial charge in [-0.05, 0) is 6.92 Å². The Labute approximate surface area is 109 Å². The first-order valence-electron chi connectivity index (χ1n) is 5.22. The van der Waals surface area contributed by atoms with Crippen LogP contribution < -0.4 is 10.4 Å². The Morgan fingerprint density at radius 3 is 2.30 bits per heavy atom. The highest BCUT2D eigenvalue weighted by atomic mass is 19.2. The van der Waals surface area contributed by atoms with Crippen LogP contribution in [0.25, 0.3) is 11.0 Å². The van der Waals surface area contributed by atoms with Gasteiger partial charge in [0.25, 0.3) is 0 Å². The fraction of sp³-hybridized carbons (Fsp3) is 0.167. The number of carbonyl (C=O) groups is 1. The van der Waals surface area contributed by atoms with Crippen LogP contribution in [0.15, 0.2) is 9.21 Å². The summed E-state index contributed by atoms with van der Waals surface area (Å²) in [6.07, 6.45) is 0. The number of benzene rings is 1. The maximum Gasteiger partial charge on any atom is 0.351 e. The first kappa shape index (κ1) is 13.9. The monoisotopic (exact) mass is 288 g/mol. The Hall–Kier alpha value is -2.51. The second-order valence-corrected chi connectivity index (χ2v) is 3.85. The van der Waals surface area contributed by atoms with Crippen LogP contribution in [0.3, 0.4) is 0 Å². The summed E-state index contributed by atoms with van der Waals surface area (Å²) in [5, 5.41) is 9.11. The first-order chi connectivity index (χ1) is 9.31. The van der Waals surface area contributed by atoms with Crippen molar-refractivity contribution in [2.45, 2.75) is 6.92 Å². The normalized spacial score (nSPS) is 10.8. The number of ether oxygens (including phenoxy) is 1. The number of ketones is 1. The number of halogens is 3. The van der Waals surface area contributed by atoms with E-state index in [1.54, 1.807) is 0 Å². The van der Waals surface area contributed by atoms with Gasteiger partial charge in [-0.2, -0.15) is 8.78 Å². The highest BCUT2D eigenvalue weighted by Crippen LogP contribution is 2.39. The molecule has 2 aromatic rings. The minimum absolute atomic E-state index is 0.728. The molecule has 0 aliphatic rings. The van der Waals surface area contributed by atoms with Crippen molar-refractivity contribution in [2.75, 3.05) is 7.11 Å². The second-order valence-electron chi connectivity index (χ2n) is 3.85. The summed E-state index contributed by atoms with van der Waals surface area (Å²) in [5.74, 6) is -8.23. The quantitative estimate of drug-likeness (QED) is 0.520. The minimum atomic E-state index is -1.92. The second kappa shape index (κ2) is 4.55. The van der Waals surface area contributed by atoms with Gasteiger partial charge in [-0.15, -0.1) is 0 Å². The lowest BCUT2D eigenvalue weighted by atomic mass is 10.1. The molecule has 0 aliphatic heterocycles. The minimum Gasteiger partial charge on any atom is -0.506 e. The van der Waals surface area contributed by atoms with Crippen LogP contribution in [0.5, 0.6) is 11.5 Å². The number of aromatic hydroxyl groups is 1. The highest BCUT2D eigenvalue weighted by Gasteiger charge is 2.29. The number of hydrogen-bond donors (Lipinski definition) is 1. The Kier molecular flexibility index (Phi) is 3.16. The smallest absolute Gasteiger partial charge is 0.351 e. The number of rotatable bonds is 2. The molecule has 0 bridgehead atoms. The predicted octanol–water partition coefficient (Wildman–Crippen LogP) is 2.13. The number of carbonyl (C=O) groups excluding carboxylic acids is 1. The molecule has 20 heavy (non-hydrogen) atoms. The Morgan fingerprint density at radius 2 is 1.80 bits per heavy atom. The number of fused-ring (bicyclic) bond motifs is 1. The van der Waals surface area contributed by atoms with E-state index >= 15 is 0 Å². The summed E-state index contributed by atoms with van der Waals surface area (Å²) in [7, 11) is 0.938. The SMILES string of the molecule is COc1c(F)c(F)c(F)c2oc(=O)c(C(C)=O)c(O)c12. The molecule has 0 saturated heterocycles. The fourth-order valence-corrected chi connectivity index (χ4v) is 1.80. The van der Waals surface area contributed by atoms with E-state index in [9.17, 15) is 27.9 Å². The summed E-state index contributed by atoms with van der Waals surface area (Å²) in [6, 6.07) is 0. The van der Waals surface area contributed by atoms with E-state index in [1.807, 2.05) is 0 Å². The number of hydrogen-bond acceptors (Lipinski definition) is 5. The molecule has 0 atom stereocenters. The first-order valence-corrected chi connectivity index (χ1v) is 5.22. The maximum atomic E-state index is 13.6. The molecule has 0 spiro atoms. The molecule has 0 saturated carbocycles. The zero-order valence-corrected chi connectivity index (χ0v) is 10.2. The molecule has 0 unspecified atom stereocenters. The van der Waals surface area contributed by atoms with Crippen molar-refractivity contribution in [1.82, 2.24) is 0 Å². The van der Waals surface area contributed by atoms with Crippen LogP contribution in [0.2, 0.25) is 0 Å². The van der Waals surface area contributed by atoms with Crippen molar-refractivity contribution in [3.05, 3.63) is 33.4 Å². The summed E-state index contributed by atoms with van der Waals surface area (Å²) >= 11 is 0. The van der Waals surface area contributed by atoms with Crippen LogP contribution in [-0.4, -0.2) is 18.0 Å². The van der Waals surface area contributed by atoms with Gasteiger partial charge < -0.3 is 14.3 Å². The lowest BCUT2D eigenvalue weighted by Crippen LogP contribution is -2.13. The molecule has 0 aliphatic carbocycles. The Bertz CT molecular complexity index is 794. The average molecular weight is 288 g/mol. The van der Waals surface area contributed by atoms with Crippen LogP contribution in [0.4, 0.5) is 13.2 Å². The highest BCUT2D eigenvalue weighted by molar-refractivity contribution is 6.03. The van der Waals surface area contributed by atoms with E-state index in [2.05, 4.69) is 9.15 Å². The van der Waals surface area contributed by atoms with E-state index in [4.69, 9.17) is 0 Å². The van der Waals surface area contributed by atoms with Crippen LogP contribution in [0.1, 0.15) is 17.3 Å². The van der Waals surface area contributed by atoms with Gasteiger partial charge in [0.05, 0.1) is 7.11 Å². The van der Waals surface area contributed by atoms with Crippen molar-refractivity contribution < 1.29 is 32.2 Å². The van der Waals surface area contributed by atoms with Crippen molar-refractivity contribution in [3.8, 4) is 11.5 Å². The largest absolute Gasteiger partial charge is 0.506 e. The summed E-state index contributed by atoms with van der Waals surface area (Å²) in [5.41, 5.74) is -3.20. The van der Waals surface area contributed by atoms with Gasteiger partial charge in [0.15, 0.2) is 17.1 Å². The summed E-state index contributed by atoms with van der Waals surface area (Å²) in [6.45, 7) is 0.945. The van der Waals surface area contributed by atoms with Gasteiger partial charge in [-0.25, -0.2) is 9.18 Å². The average Bonchev–Trinajstić information content (AvgIpc) is 2.37. The third kappa shape index (κ3) is 1.72. The fourth-order valence-electron chi connectivity index (χ4n) is 1.80. The molecular weight excluding hydrogens is 281 g/mol. The number of Topliss-reactive ketones (excluding diaryl/α,β-unsaturated/α-hetero) is 1. The maximum absolute atomic E-state index is 13.6. The molecule has 2 rings (SSSR count). The molecule has 1 heterocycles. The van der Waals surface area contributed by atoms with Gasteiger partial charge in [-0.3, -0.25) is 4.79 Å². The lowest BCUT2D eigenvalue weighted by Gasteiger charge is -2.10. The van der Waals surface area contributed by atoms with Gasteiger partial charge in [0, 0.05) is 0 Å². The van der Waals surface area contributed by atoms with E-state index in [0.29, 0.717) is 0 Å².